The van der Waals surface area contributed by atoms with Crippen molar-refractivity contribution < 1.29 is 4.92 Å². The van der Waals surface area contributed by atoms with Crippen molar-refractivity contribution in [3.8, 4) is 0 Å². The summed E-state index contributed by atoms with van der Waals surface area (Å²) >= 11 is 1.85. The Balaban J connectivity index is 2.49. The fourth-order valence-electron chi connectivity index (χ4n) is 1.86. The first-order valence-corrected chi connectivity index (χ1v) is 7.97. The van der Waals surface area contributed by atoms with Crippen LogP contribution in [-0.2, 0) is 0 Å². The molecule has 0 radical (unpaired) electrons. The Morgan fingerprint density at radius 3 is 2.65 bits per heavy atom. The molecule has 1 heterocycles. The molecule has 0 aliphatic rings. The topological polar surface area (TPSA) is 107 Å². The average molecular weight is 299 g/mol. The van der Waals surface area contributed by atoms with Crippen LogP contribution in [0.5, 0.6) is 0 Å². The number of rotatable bonds is 9. The minimum atomic E-state index is -0.477. The second-order valence-electron chi connectivity index (χ2n) is 4.46. The highest BCUT2D eigenvalue weighted by Gasteiger charge is 2.20. The van der Waals surface area contributed by atoms with Gasteiger partial charge in [-0.2, -0.15) is 16.7 Å². The van der Waals surface area contributed by atoms with Gasteiger partial charge in [-0.1, -0.05) is 12.8 Å². The van der Waals surface area contributed by atoms with E-state index in [1.165, 1.54) is 18.6 Å². The van der Waals surface area contributed by atoms with E-state index in [4.69, 9.17) is 5.73 Å². The fraction of sp³-hybridized carbons (Fsp3) is 0.667. The molecule has 112 valence electrons. The Morgan fingerprint density at radius 1 is 1.30 bits per heavy atom. The molecule has 0 aliphatic heterocycles. The highest BCUT2D eigenvalue weighted by atomic mass is 32.2. The number of anilines is 2. The number of aromatic nitrogens is 2. The molecule has 0 saturated heterocycles. The molecule has 0 saturated carbocycles. The summed E-state index contributed by atoms with van der Waals surface area (Å²) in [5.74, 6) is 1.44. The minimum Gasteiger partial charge on any atom is -0.368 e. The highest BCUT2D eigenvalue weighted by Crippen LogP contribution is 2.25. The lowest BCUT2D eigenvalue weighted by atomic mass is 10.2. The smallest absolute Gasteiger partial charge is 0.332 e. The summed E-state index contributed by atoms with van der Waals surface area (Å²) in [5.41, 5.74) is 5.71. The SMILES string of the molecule is CSCCCCCCNc1nc(N)nc(C)c1[N+](=O)[O-]. The van der Waals surface area contributed by atoms with E-state index < -0.39 is 4.92 Å². The number of nitrogens with zero attached hydrogens (tertiary/aromatic N) is 3. The van der Waals surface area contributed by atoms with Crippen molar-refractivity contribution >= 4 is 29.2 Å². The van der Waals surface area contributed by atoms with E-state index in [9.17, 15) is 10.1 Å². The van der Waals surface area contributed by atoms with Gasteiger partial charge in [-0.15, -0.1) is 0 Å². The largest absolute Gasteiger partial charge is 0.368 e. The van der Waals surface area contributed by atoms with Crippen molar-refractivity contribution in [3.63, 3.8) is 0 Å². The molecular formula is C12H21N5O2S. The lowest BCUT2D eigenvalue weighted by molar-refractivity contribution is -0.385. The van der Waals surface area contributed by atoms with Crippen LogP contribution in [0.2, 0.25) is 0 Å². The van der Waals surface area contributed by atoms with E-state index in [1.807, 2.05) is 11.8 Å². The number of unbranched alkanes of at least 4 members (excludes halogenated alkanes) is 3. The maximum atomic E-state index is 11.0. The monoisotopic (exact) mass is 299 g/mol. The van der Waals surface area contributed by atoms with E-state index in [1.54, 1.807) is 6.92 Å². The van der Waals surface area contributed by atoms with E-state index in [0.717, 1.165) is 12.8 Å². The summed E-state index contributed by atoms with van der Waals surface area (Å²) in [6, 6.07) is 0. The van der Waals surface area contributed by atoms with Crippen molar-refractivity contribution in [3.05, 3.63) is 15.8 Å². The van der Waals surface area contributed by atoms with Crippen LogP contribution in [0, 0.1) is 17.0 Å². The van der Waals surface area contributed by atoms with Gasteiger partial charge in [0.2, 0.25) is 11.8 Å². The second-order valence-corrected chi connectivity index (χ2v) is 5.44. The van der Waals surface area contributed by atoms with Gasteiger partial charge < -0.3 is 11.1 Å². The molecule has 0 fully saturated rings. The van der Waals surface area contributed by atoms with Crippen LogP contribution in [0.4, 0.5) is 17.5 Å². The fourth-order valence-corrected chi connectivity index (χ4v) is 2.36. The number of hydrogen-bond acceptors (Lipinski definition) is 7. The van der Waals surface area contributed by atoms with Gasteiger partial charge in [0.25, 0.3) is 0 Å². The zero-order valence-electron chi connectivity index (χ0n) is 11.9. The molecule has 0 spiro atoms. The Hall–Kier alpha value is -1.57. The third kappa shape index (κ3) is 5.20. The number of nitrogen functional groups attached to an aromatic ring is 1. The zero-order chi connectivity index (χ0) is 15.0. The van der Waals surface area contributed by atoms with Crippen LogP contribution < -0.4 is 11.1 Å². The Morgan fingerprint density at radius 2 is 2.00 bits per heavy atom. The van der Waals surface area contributed by atoms with Gasteiger partial charge in [0.1, 0.15) is 5.69 Å². The molecule has 0 aliphatic carbocycles. The van der Waals surface area contributed by atoms with Gasteiger partial charge in [-0.3, -0.25) is 10.1 Å². The molecule has 0 bridgehead atoms. The Labute approximate surface area is 122 Å². The third-order valence-electron chi connectivity index (χ3n) is 2.83. The lowest BCUT2D eigenvalue weighted by Gasteiger charge is -2.08. The summed E-state index contributed by atoms with van der Waals surface area (Å²) in [6.45, 7) is 2.21. The third-order valence-corrected chi connectivity index (χ3v) is 3.52. The van der Waals surface area contributed by atoms with Crippen molar-refractivity contribution in [2.45, 2.75) is 32.6 Å². The molecule has 3 N–H and O–H groups in total. The van der Waals surface area contributed by atoms with Crippen LogP contribution >= 0.6 is 11.8 Å². The van der Waals surface area contributed by atoms with E-state index in [0.29, 0.717) is 6.54 Å². The van der Waals surface area contributed by atoms with Crippen molar-refractivity contribution in [1.29, 1.82) is 0 Å². The molecule has 0 amide bonds. The molecule has 1 rings (SSSR count). The molecule has 7 nitrogen and oxygen atoms in total. The Bertz CT molecular complexity index is 456. The summed E-state index contributed by atoms with van der Waals surface area (Å²) in [6.07, 6.45) is 6.54. The molecule has 0 aromatic carbocycles. The van der Waals surface area contributed by atoms with Gasteiger partial charge in [-0.05, 0) is 31.8 Å². The zero-order valence-corrected chi connectivity index (χ0v) is 12.7. The molecule has 1 aromatic heterocycles. The number of nitro groups is 1. The number of hydrogen-bond donors (Lipinski definition) is 2. The summed E-state index contributed by atoms with van der Waals surface area (Å²) in [4.78, 5) is 18.3. The Kier molecular flexibility index (Phi) is 7.06. The van der Waals surface area contributed by atoms with Crippen LogP contribution in [-0.4, -0.2) is 33.4 Å². The van der Waals surface area contributed by atoms with E-state index in [2.05, 4.69) is 21.5 Å². The van der Waals surface area contributed by atoms with Crippen LogP contribution in [0.1, 0.15) is 31.4 Å². The molecule has 20 heavy (non-hydrogen) atoms. The molecule has 0 unspecified atom stereocenters. The average Bonchev–Trinajstić information content (AvgIpc) is 2.36. The summed E-state index contributed by atoms with van der Waals surface area (Å²) in [7, 11) is 0. The van der Waals surface area contributed by atoms with E-state index >= 15 is 0 Å². The number of thioether (sulfide) groups is 1. The maximum absolute atomic E-state index is 11.0. The number of nitrogens with two attached hydrogens (primary N) is 1. The van der Waals surface area contributed by atoms with E-state index in [-0.39, 0.29) is 23.1 Å². The molecular weight excluding hydrogens is 278 g/mol. The van der Waals surface area contributed by atoms with Gasteiger partial charge >= 0.3 is 5.69 Å². The minimum absolute atomic E-state index is 0.0515. The normalized spacial score (nSPS) is 10.5. The van der Waals surface area contributed by atoms with Crippen molar-refractivity contribution in [2.75, 3.05) is 29.6 Å². The second kappa shape index (κ2) is 8.57. The van der Waals surface area contributed by atoms with Gasteiger partial charge in [0, 0.05) is 6.54 Å². The number of nitrogens with one attached hydrogen (secondary N) is 1. The standard InChI is InChI=1S/C12H21N5O2S/c1-9-10(17(18)19)11(16-12(13)15-9)14-7-5-3-4-6-8-20-2/h3-8H2,1-2H3,(H3,13,14,15,16). The van der Waals surface area contributed by atoms with Crippen molar-refractivity contribution in [1.82, 2.24) is 9.97 Å². The first-order valence-electron chi connectivity index (χ1n) is 6.57. The van der Waals surface area contributed by atoms with Crippen LogP contribution in [0.15, 0.2) is 0 Å². The quantitative estimate of drug-likeness (QED) is 0.410. The van der Waals surface area contributed by atoms with Crippen molar-refractivity contribution in [2.24, 2.45) is 0 Å². The van der Waals surface area contributed by atoms with Crippen LogP contribution in [0.3, 0.4) is 0 Å². The predicted molar refractivity (Wildman–Crippen MR) is 83.2 cm³/mol. The molecule has 0 atom stereocenters. The lowest BCUT2D eigenvalue weighted by Crippen LogP contribution is -2.10. The highest BCUT2D eigenvalue weighted by molar-refractivity contribution is 7.98. The summed E-state index contributed by atoms with van der Waals surface area (Å²) in [5, 5.41) is 14.0. The first-order chi connectivity index (χ1) is 9.56. The molecule has 1 aromatic rings. The van der Waals surface area contributed by atoms with Gasteiger partial charge in [0.15, 0.2) is 0 Å². The molecule has 8 heteroatoms. The predicted octanol–water partition coefficient (Wildman–Crippen LogP) is 2.61. The van der Waals surface area contributed by atoms with Gasteiger partial charge in [0.05, 0.1) is 4.92 Å². The summed E-state index contributed by atoms with van der Waals surface area (Å²) < 4.78 is 0. The first kappa shape index (κ1) is 16.5. The number of aryl methyl sites for hydroxylation is 1. The van der Waals surface area contributed by atoms with Gasteiger partial charge in [-0.25, -0.2) is 4.98 Å². The van der Waals surface area contributed by atoms with Crippen LogP contribution in [0.25, 0.3) is 0 Å². The maximum Gasteiger partial charge on any atom is 0.332 e.